The summed E-state index contributed by atoms with van der Waals surface area (Å²) in [6, 6.07) is 0. The van der Waals surface area contributed by atoms with Gasteiger partial charge in [-0.25, -0.2) is 17.6 Å². The molecule has 0 unspecified atom stereocenters. The molecule has 6 heteroatoms. The van der Waals surface area contributed by atoms with Crippen LogP contribution in [0.25, 0.3) is 0 Å². The van der Waals surface area contributed by atoms with Crippen LogP contribution in [0.5, 0.6) is 0 Å². The summed E-state index contributed by atoms with van der Waals surface area (Å²) in [5.74, 6) is -7.03. The van der Waals surface area contributed by atoms with Crippen LogP contribution in [-0.4, -0.2) is 0 Å². The van der Waals surface area contributed by atoms with E-state index in [2.05, 4.69) is 0 Å². The number of alkyl halides is 1. The Morgan fingerprint density at radius 2 is 1.23 bits per heavy atom. The predicted molar refractivity (Wildman–Crippen MR) is 40.8 cm³/mol. The van der Waals surface area contributed by atoms with Gasteiger partial charge in [-0.05, 0) is 0 Å². The summed E-state index contributed by atoms with van der Waals surface area (Å²) in [4.78, 5) is 0. The lowest BCUT2D eigenvalue weighted by Crippen LogP contribution is -2.02. The van der Waals surface area contributed by atoms with E-state index in [-0.39, 0.29) is 0 Å². The third kappa shape index (κ3) is 1.60. The summed E-state index contributed by atoms with van der Waals surface area (Å²) < 4.78 is 50.8. The van der Waals surface area contributed by atoms with E-state index >= 15 is 0 Å². The largest absolute Gasteiger partial charge is 0.203 e. The molecule has 0 aliphatic rings. The van der Waals surface area contributed by atoms with Crippen LogP contribution in [0.2, 0.25) is 5.02 Å². The van der Waals surface area contributed by atoms with Crippen LogP contribution >= 0.6 is 23.2 Å². The normalized spacial score (nSPS) is 10.6. The summed E-state index contributed by atoms with van der Waals surface area (Å²) in [7, 11) is 0. The topological polar surface area (TPSA) is 0 Å². The van der Waals surface area contributed by atoms with E-state index in [1.807, 2.05) is 0 Å². The molecule has 0 atom stereocenters. The number of halogens is 6. The molecule has 1 aromatic carbocycles. The second kappa shape index (κ2) is 3.72. The Morgan fingerprint density at radius 1 is 0.846 bits per heavy atom. The average Bonchev–Trinajstić information content (AvgIpc) is 2.13. The van der Waals surface area contributed by atoms with E-state index in [1.54, 1.807) is 0 Å². The first-order valence-corrected chi connectivity index (χ1v) is 3.98. The Bertz CT molecular complexity index is 322. The van der Waals surface area contributed by atoms with Gasteiger partial charge in [-0.15, -0.1) is 11.6 Å². The first-order chi connectivity index (χ1) is 6.00. The maximum absolute atomic E-state index is 12.8. The zero-order valence-corrected chi connectivity index (χ0v) is 7.49. The molecule has 0 radical (unpaired) electrons. The monoisotopic (exact) mass is 232 g/mol. The Kier molecular flexibility index (Phi) is 3.03. The van der Waals surface area contributed by atoms with Crippen molar-refractivity contribution in [3.05, 3.63) is 33.9 Å². The molecule has 0 nitrogen and oxygen atoms in total. The predicted octanol–water partition coefficient (Wildman–Crippen LogP) is 3.64. The van der Waals surface area contributed by atoms with Crippen molar-refractivity contribution < 1.29 is 17.6 Å². The van der Waals surface area contributed by atoms with Crippen LogP contribution in [0.1, 0.15) is 5.56 Å². The summed E-state index contributed by atoms with van der Waals surface area (Å²) in [5.41, 5.74) is -0.860. The highest BCUT2D eigenvalue weighted by Crippen LogP contribution is 2.28. The third-order valence-corrected chi connectivity index (χ3v) is 2.03. The van der Waals surface area contributed by atoms with Crippen LogP contribution in [0, 0.1) is 23.3 Å². The number of rotatable bonds is 1. The molecule has 72 valence electrons. The molecule has 0 aromatic heterocycles. The minimum Gasteiger partial charge on any atom is -0.203 e. The quantitative estimate of drug-likeness (QED) is 0.300. The lowest BCUT2D eigenvalue weighted by Gasteiger charge is -2.05. The molecule has 0 amide bonds. The summed E-state index contributed by atoms with van der Waals surface area (Å²) in [6.45, 7) is 0. The van der Waals surface area contributed by atoms with Crippen molar-refractivity contribution in [1.29, 1.82) is 0 Å². The fourth-order valence-corrected chi connectivity index (χ4v) is 1.17. The van der Waals surface area contributed by atoms with Gasteiger partial charge >= 0.3 is 0 Å². The van der Waals surface area contributed by atoms with E-state index in [4.69, 9.17) is 23.2 Å². The molecule has 0 fully saturated rings. The fourth-order valence-electron chi connectivity index (χ4n) is 0.768. The molecule has 0 heterocycles. The Morgan fingerprint density at radius 3 is 1.54 bits per heavy atom. The number of hydrogen-bond acceptors (Lipinski definition) is 0. The molecular weight excluding hydrogens is 231 g/mol. The molecule has 0 aliphatic heterocycles. The molecule has 0 saturated carbocycles. The van der Waals surface area contributed by atoms with Crippen molar-refractivity contribution in [2.45, 2.75) is 5.88 Å². The minimum absolute atomic E-state index is 0.664. The molecule has 1 aromatic rings. The van der Waals surface area contributed by atoms with E-state index in [0.29, 0.717) is 0 Å². The van der Waals surface area contributed by atoms with E-state index in [9.17, 15) is 17.6 Å². The highest BCUT2D eigenvalue weighted by molar-refractivity contribution is 6.31. The van der Waals surface area contributed by atoms with Crippen molar-refractivity contribution in [1.82, 2.24) is 0 Å². The Labute approximate surface area is 81.1 Å². The highest BCUT2D eigenvalue weighted by Gasteiger charge is 2.23. The molecule has 0 N–H and O–H groups in total. The fraction of sp³-hybridized carbons (Fsp3) is 0.143. The van der Waals surface area contributed by atoms with Gasteiger partial charge in [0.05, 0.1) is 5.88 Å². The Balaban J connectivity index is 3.56. The van der Waals surface area contributed by atoms with Gasteiger partial charge in [0.25, 0.3) is 0 Å². The van der Waals surface area contributed by atoms with E-state index in [0.717, 1.165) is 0 Å². The summed E-state index contributed by atoms with van der Waals surface area (Å²) >= 11 is 10.0. The lowest BCUT2D eigenvalue weighted by atomic mass is 10.2. The van der Waals surface area contributed by atoms with Gasteiger partial charge in [-0.3, -0.25) is 0 Å². The molecule has 1 rings (SSSR count). The van der Waals surface area contributed by atoms with Crippen molar-refractivity contribution in [3.8, 4) is 0 Å². The van der Waals surface area contributed by atoms with Crippen LogP contribution < -0.4 is 0 Å². The van der Waals surface area contributed by atoms with Gasteiger partial charge in [0.2, 0.25) is 0 Å². The van der Waals surface area contributed by atoms with Gasteiger partial charge in [-0.2, -0.15) is 0 Å². The first kappa shape index (κ1) is 10.6. The second-order valence-corrected chi connectivity index (χ2v) is 2.83. The van der Waals surface area contributed by atoms with E-state index < -0.39 is 39.7 Å². The SMILES string of the molecule is Fc1c(F)c(CCl)c(F)c(F)c1Cl. The third-order valence-electron chi connectivity index (χ3n) is 1.43. The lowest BCUT2D eigenvalue weighted by molar-refractivity contribution is 0.444. The van der Waals surface area contributed by atoms with Gasteiger partial charge in [0.15, 0.2) is 23.3 Å². The smallest absolute Gasteiger partial charge is 0.180 e. The zero-order chi connectivity index (χ0) is 10.2. The maximum Gasteiger partial charge on any atom is 0.180 e. The average molecular weight is 233 g/mol. The molecule has 0 aliphatic carbocycles. The van der Waals surface area contributed by atoms with Gasteiger partial charge < -0.3 is 0 Å². The van der Waals surface area contributed by atoms with Crippen molar-refractivity contribution in [2.24, 2.45) is 0 Å². The Hall–Kier alpha value is -0.480. The molecular formula is C7H2Cl2F4. The maximum atomic E-state index is 12.8. The van der Waals surface area contributed by atoms with E-state index in [1.165, 1.54) is 0 Å². The number of hydrogen-bond donors (Lipinski definition) is 0. The number of benzene rings is 1. The molecule has 13 heavy (non-hydrogen) atoms. The van der Waals surface area contributed by atoms with Gasteiger partial charge in [-0.1, -0.05) is 11.6 Å². The van der Waals surface area contributed by atoms with Gasteiger partial charge in [0.1, 0.15) is 5.02 Å². The summed E-state index contributed by atoms with van der Waals surface area (Å²) in [6.07, 6.45) is 0. The molecule has 0 saturated heterocycles. The zero-order valence-electron chi connectivity index (χ0n) is 5.97. The van der Waals surface area contributed by atoms with Gasteiger partial charge in [0, 0.05) is 5.56 Å². The van der Waals surface area contributed by atoms with Crippen LogP contribution in [0.3, 0.4) is 0 Å². The summed E-state index contributed by atoms with van der Waals surface area (Å²) in [5, 5.41) is -1.20. The van der Waals surface area contributed by atoms with Crippen LogP contribution in [-0.2, 0) is 5.88 Å². The second-order valence-electron chi connectivity index (χ2n) is 2.18. The van der Waals surface area contributed by atoms with Crippen molar-refractivity contribution in [3.63, 3.8) is 0 Å². The standard InChI is InChI=1S/C7H2Cl2F4/c8-1-2-4(10)6(12)3(9)7(13)5(2)11/h1H2. The highest BCUT2D eigenvalue weighted by atomic mass is 35.5. The minimum atomic E-state index is -1.63. The molecule has 0 bridgehead atoms. The van der Waals surface area contributed by atoms with Crippen molar-refractivity contribution in [2.75, 3.05) is 0 Å². The first-order valence-electron chi connectivity index (χ1n) is 3.07. The van der Waals surface area contributed by atoms with Crippen molar-refractivity contribution >= 4 is 23.2 Å². The molecule has 0 spiro atoms. The van der Waals surface area contributed by atoms with Crippen LogP contribution in [0.4, 0.5) is 17.6 Å². The van der Waals surface area contributed by atoms with Crippen LogP contribution in [0.15, 0.2) is 0 Å².